The summed E-state index contributed by atoms with van der Waals surface area (Å²) < 4.78 is 10.3. The number of hydrogen-bond donors (Lipinski definition) is 1. The molecule has 0 bridgehead atoms. The van der Waals surface area contributed by atoms with Gasteiger partial charge in [-0.1, -0.05) is 0 Å². The van der Waals surface area contributed by atoms with Crippen LogP contribution in [-0.4, -0.2) is 44.0 Å². The number of nitrogens with zero attached hydrogens (tertiary/aromatic N) is 1. The number of likely N-dealkylation sites (N-methyl/N-ethyl adjacent to an activating group) is 1. The van der Waals surface area contributed by atoms with Crippen molar-refractivity contribution in [3.63, 3.8) is 0 Å². The van der Waals surface area contributed by atoms with Gasteiger partial charge in [-0.05, 0) is 18.6 Å². The van der Waals surface area contributed by atoms with Crippen molar-refractivity contribution >= 4 is 17.5 Å². The van der Waals surface area contributed by atoms with E-state index in [-0.39, 0.29) is 11.8 Å². The average molecular weight is 278 g/mol. The molecule has 0 radical (unpaired) electrons. The van der Waals surface area contributed by atoms with Gasteiger partial charge in [-0.3, -0.25) is 9.59 Å². The number of nitrogens with one attached hydrogen (secondary N) is 1. The Morgan fingerprint density at radius 2 is 2.00 bits per heavy atom. The summed E-state index contributed by atoms with van der Waals surface area (Å²) in [6, 6.07) is 4.73. The van der Waals surface area contributed by atoms with E-state index in [4.69, 9.17) is 9.47 Å². The van der Waals surface area contributed by atoms with Crippen LogP contribution < -0.4 is 14.8 Å². The summed E-state index contributed by atoms with van der Waals surface area (Å²) in [5.74, 6) is 0.947. The molecule has 1 unspecified atom stereocenters. The SMILES string of the molecule is COc1ccc(NC(=O)C2CCC(=O)N2C)cc1OC. The van der Waals surface area contributed by atoms with Gasteiger partial charge in [-0.25, -0.2) is 0 Å². The van der Waals surface area contributed by atoms with Gasteiger partial charge in [0, 0.05) is 25.2 Å². The molecular weight excluding hydrogens is 260 g/mol. The Bertz CT molecular complexity index is 530. The molecule has 1 aliphatic rings. The maximum Gasteiger partial charge on any atom is 0.247 e. The van der Waals surface area contributed by atoms with E-state index in [0.29, 0.717) is 30.0 Å². The lowest BCUT2D eigenvalue weighted by molar-refractivity contribution is -0.131. The first-order valence-electron chi connectivity index (χ1n) is 6.35. The number of amides is 2. The second kappa shape index (κ2) is 5.81. The van der Waals surface area contributed by atoms with Crippen LogP contribution in [0, 0.1) is 0 Å². The van der Waals surface area contributed by atoms with Crippen molar-refractivity contribution in [3.8, 4) is 11.5 Å². The molecule has 108 valence electrons. The number of likely N-dealkylation sites (tertiary alicyclic amines) is 1. The number of hydrogen-bond acceptors (Lipinski definition) is 4. The highest BCUT2D eigenvalue weighted by molar-refractivity contribution is 5.99. The molecule has 1 aliphatic heterocycles. The van der Waals surface area contributed by atoms with E-state index in [1.54, 1.807) is 32.4 Å². The maximum absolute atomic E-state index is 12.1. The molecule has 1 atom stereocenters. The quantitative estimate of drug-likeness (QED) is 0.900. The van der Waals surface area contributed by atoms with Crippen LogP contribution in [0.3, 0.4) is 0 Å². The topological polar surface area (TPSA) is 67.9 Å². The van der Waals surface area contributed by atoms with Gasteiger partial charge in [0.2, 0.25) is 11.8 Å². The molecule has 0 aromatic heterocycles. The average Bonchev–Trinajstić information content (AvgIpc) is 2.79. The van der Waals surface area contributed by atoms with Gasteiger partial charge >= 0.3 is 0 Å². The number of carbonyl (C=O) groups excluding carboxylic acids is 2. The molecule has 1 aromatic rings. The van der Waals surface area contributed by atoms with Crippen LogP contribution in [0.15, 0.2) is 18.2 Å². The summed E-state index contributed by atoms with van der Waals surface area (Å²) in [4.78, 5) is 25.1. The number of ether oxygens (including phenoxy) is 2. The first-order valence-corrected chi connectivity index (χ1v) is 6.35. The van der Waals surface area contributed by atoms with Crippen molar-refractivity contribution in [3.05, 3.63) is 18.2 Å². The van der Waals surface area contributed by atoms with Crippen molar-refractivity contribution in [1.82, 2.24) is 4.90 Å². The third-order valence-electron chi connectivity index (χ3n) is 3.45. The molecule has 1 N–H and O–H groups in total. The molecule has 20 heavy (non-hydrogen) atoms. The monoisotopic (exact) mass is 278 g/mol. The number of benzene rings is 1. The van der Waals surface area contributed by atoms with Crippen molar-refractivity contribution in [2.75, 3.05) is 26.6 Å². The first-order chi connectivity index (χ1) is 9.56. The van der Waals surface area contributed by atoms with Crippen LogP contribution in [-0.2, 0) is 9.59 Å². The Morgan fingerprint density at radius 3 is 2.55 bits per heavy atom. The van der Waals surface area contributed by atoms with Crippen molar-refractivity contribution < 1.29 is 19.1 Å². The van der Waals surface area contributed by atoms with E-state index >= 15 is 0 Å². The van der Waals surface area contributed by atoms with E-state index in [9.17, 15) is 9.59 Å². The van der Waals surface area contributed by atoms with Crippen LogP contribution in [0.2, 0.25) is 0 Å². The molecular formula is C14H18N2O4. The lowest BCUT2D eigenvalue weighted by Crippen LogP contribution is -2.38. The molecule has 1 aromatic carbocycles. The molecule has 1 heterocycles. The zero-order chi connectivity index (χ0) is 14.7. The Morgan fingerprint density at radius 1 is 1.30 bits per heavy atom. The third-order valence-corrected chi connectivity index (χ3v) is 3.45. The highest BCUT2D eigenvalue weighted by Crippen LogP contribution is 2.30. The molecule has 6 nitrogen and oxygen atoms in total. The molecule has 2 amide bonds. The minimum absolute atomic E-state index is 0.00235. The smallest absolute Gasteiger partial charge is 0.247 e. The fourth-order valence-electron chi connectivity index (χ4n) is 2.25. The van der Waals surface area contributed by atoms with Crippen LogP contribution in [0.25, 0.3) is 0 Å². The second-order valence-corrected chi connectivity index (χ2v) is 4.62. The minimum atomic E-state index is -0.407. The zero-order valence-electron chi connectivity index (χ0n) is 11.8. The zero-order valence-corrected chi connectivity index (χ0v) is 11.8. The van der Waals surface area contributed by atoms with E-state index in [1.807, 2.05) is 0 Å². The Balaban J connectivity index is 2.10. The second-order valence-electron chi connectivity index (χ2n) is 4.62. The Hall–Kier alpha value is -2.24. The van der Waals surface area contributed by atoms with Crippen LogP contribution >= 0.6 is 0 Å². The molecule has 0 spiro atoms. The van der Waals surface area contributed by atoms with Crippen LogP contribution in [0.5, 0.6) is 11.5 Å². The van der Waals surface area contributed by atoms with Crippen molar-refractivity contribution in [1.29, 1.82) is 0 Å². The van der Waals surface area contributed by atoms with Gasteiger partial charge in [0.25, 0.3) is 0 Å². The van der Waals surface area contributed by atoms with E-state index in [1.165, 1.54) is 12.0 Å². The summed E-state index contributed by atoms with van der Waals surface area (Å²) in [6.45, 7) is 0. The largest absolute Gasteiger partial charge is 0.493 e. The van der Waals surface area contributed by atoms with E-state index < -0.39 is 6.04 Å². The maximum atomic E-state index is 12.1. The number of anilines is 1. The molecule has 0 saturated carbocycles. The van der Waals surface area contributed by atoms with Gasteiger partial charge in [-0.15, -0.1) is 0 Å². The summed E-state index contributed by atoms with van der Waals surface area (Å²) in [5, 5.41) is 2.79. The molecule has 1 saturated heterocycles. The standard InChI is InChI=1S/C14H18N2O4/c1-16-10(5-7-13(16)17)14(18)15-9-4-6-11(19-2)12(8-9)20-3/h4,6,8,10H,5,7H2,1-3H3,(H,15,18). The summed E-state index contributed by atoms with van der Waals surface area (Å²) in [7, 11) is 4.73. The normalized spacial score (nSPS) is 18.1. The van der Waals surface area contributed by atoms with Gasteiger partial charge in [0.15, 0.2) is 11.5 Å². The third kappa shape index (κ3) is 2.68. The molecule has 1 fully saturated rings. The minimum Gasteiger partial charge on any atom is -0.493 e. The van der Waals surface area contributed by atoms with Crippen molar-refractivity contribution in [2.24, 2.45) is 0 Å². The molecule has 0 aliphatic carbocycles. The Labute approximate surface area is 117 Å². The van der Waals surface area contributed by atoms with Gasteiger partial charge in [0.05, 0.1) is 14.2 Å². The van der Waals surface area contributed by atoms with Gasteiger partial charge < -0.3 is 19.7 Å². The number of methoxy groups -OCH3 is 2. The lowest BCUT2D eigenvalue weighted by atomic mass is 10.2. The Kier molecular flexibility index (Phi) is 4.12. The summed E-state index contributed by atoms with van der Waals surface area (Å²) >= 11 is 0. The number of carbonyl (C=O) groups is 2. The van der Waals surface area contributed by atoms with E-state index in [0.717, 1.165) is 0 Å². The fourth-order valence-corrected chi connectivity index (χ4v) is 2.25. The first kappa shape index (κ1) is 14.2. The van der Waals surface area contributed by atoms with Crippen LogP contribution in [0.4, 0.5) is 5.69 Å². The van der Waals surface area contributed by atoms with E-state index in [2.05, 4.69) is 5.32 Å². The molecule has 2 rings (SSSR count). The fraction of sp³-hybridized carbons (Fsp3) is 0.429. The van der Waals surface area contributed by atoms with Gasteiger partial charge in [-0.2, -0.15) is 0 Å². The lowest BCUT2D eigenvalue weighted by Gasteiger charge is -2.19. The molecule has 6 heteroatoms. The highest BCUT2D eigenvalue weighted by Gasteiger charge is 2.33. The summed E-state index contributed by atoms with van der Waals surface area (Å²) in [5.41, 5.74) is 0.611. The van der Waals surface area contributed by atoms with Crippen LogP contribution in [0.1, 0.15) is 12.8 Å². The summed E-state index contributed by atoms with van der Waals surface area (Å²) in [6.07, 6.45) is 0.967. The predicted octanol–water partition coefficient (Wildman–Crippen LogP) is 1.26. The highest BCUT2D eigenvalue weighted by atomic mass is 16.5. The predicted molar refractivity (Wildman–Crippen MR) is 74.0 cm³/mol. The number of rotatable bonds is 4. The van der Waals surface area contributed by atoms with Crippen molar-refractivity contribution in [2.45, 2.75) is 18.9 Å². The van der Waals surface area contributed by atoms with Gasteiger partial charge in [0.1, 0.15) is 6.04 Å².